The van der Waals surface area contributed by atoms with Gasteiger partial charge in [-0.2, -0.15) is 0 Å². The molecule has 0 bridgehead atoms. The summed E-state index contributed by atoms with van der Waals surface area (Å²) in [6.07, 6.45) is 8.04. The molecule has 1 N–H and O–H groups in total. The lowest BCUT2D eigenvalue weighted by molar-refractivity contribution is 0.114. The summed E-state index contributed by atoms with van der Waals surface area (Å²) >= 11 is 0. The van der Waals surface area contributed by atoms with Gasteiger partial charge in [0.1, 0.15) is 0 Å². The van der Waals surface area contributed by atoms with Gasteiger partial charge in [0.2, 0.25) is 0 Å². The minimum absolute atomic E-state index is 0.111. The Morgan fingerprint density at radius 3 is 2.63 bits per heavy atom. The summed E-state index contributed by atoms with van der Waals surface area (Å²) in [6, 6.07) is 4.79. The van der Waals surface area contributed by atoms with Crippen molar-refractivity contribution in [2.75, 3.05) is 52.9 Å². The molecular formula is C21H35N5O. The summed E-state index contributed by atoms with van der Waals surface area (Å²) in [5, 5.41) is 3.14. The number of hydrogen-bond acceptors (Lipinski definition) is 4. The van der Waals surface area contributed by atoms with Crippen molar-refractivity contribution in [1.82, 2.24) is 25.0 Å². The SMILES string of the molecule is C[C@@H](CCNC(=O)N1CCC(Cc2cccnc2)CC1)N1CCN(C)CC1. The number of carbonyl (C=O) groups is 1. The maximum atomic E-state index is 12.4. The van der Waals surface area contributed by atoms with E-state index in [1.54, 1.807) is 0 Å². The summed E-state index contributed by atoms with van der Waals surface area (Å²) in [4.78, 5) is 23.5. The Kier molecular flexibility index (Phi) is 7.47. The minimum Gasteiger partial charge on any atom is -0.338 e. The Labute approximate surface area is 163 Å². The molecule has 150 valence electrons. The van der Waals surface area contributed by atoms with Gasteiger partial charge < -0.3 is 15.1 Å². The van der Waals surface area contributed by atoms with Crippen molar-refractivity contribution in [3.63, 3.8) is 0 Å². The van der Waals surface area contributed by atoms with Gasteiger partial charge in [-0.3, -0.25) is 9.88 Å². The molecule has 27 heavy (non-hydrogen) atoms. The summed E-state index contributed by atoms with van der Waals surface area (Å²) in [5.41, 5.74) is 1.30. The second-order valence-corrected chi connectivity index (χ2v) is 8.20. The highest BCUT2D eigenvalue weighted by Gasteiger charge is 2.23. The Balaban J connectivity index is 1.31. The van der Waals surface area contributed by atoms with Crippen LogP contribution in [0.15, 0.2) is 24.5 Å². The molecule has 2 amide bonds. The van der Waals surface area contributed by atoms with Crippen LogP contribution < -0.4 is 5.32 Å². The molecule has 0 radical (unpaired) electrons. The van der Waals surface area contributed by atoms with Crippen LogP contribution >= 0.6 is 0 Å². The van der Waals surface area contributed by atoms with Crippen LogP contribution in [0.2, 0.25) is 0 Å². The summed E-state index contributed by atoms with van der Waals surface area (Å²) in [7, 11) is 2.18. The third-order valence-electron chi connectivity index (χ3n) is 6.15. The van der Waals surface area contributed by atoms with Crippen molar-refractivity contribution in [2.24, 2.45) is 5.92 Å². The largest absolute Gasteiger partial charge is 0.338 e. The van der Waals surface area contributed by atoms with Gasteiger partial charge in [0, 0.05) is 64.2 Å². The first-order valence-electron chi connectivity index (χ1n) is 10.5. The van der Waals surface area contributed by atoms with Crippen molar-refractivity contribution >= 4 is 6.03 Å². The van der Waals surface area contributed by atoms with Gasteiger partial charge in [0.15, 0.2) is 0 Å². The zero-order valence-corrected chi connectivity index (χ0v) is 16.9. The molecule has 2 saturated heterocycles. The van der Waals surface area contributed by atoms with Gasteiger partial charge in [-0.05, 0) is 57.2 Å². The predicted octanol–water partition coefficient (Wildman–Crippen LogP) is 2.07. The number of nitrogens with one attached hydrogen (secondary N) is 1. The molecule has 2 aliphatic heterocycles. The maximum Gasteiger partial charge on any atom is 0.317 e. The first-order chi connectivity index (χ1) is 13.1. The average Bonchev–Trinajstić information content (AvgIpc) is 2.69. The summed E-state index contributed by atoms with van der Waals surface area (Å²) in [6.45, 7) is 9.33. The van der Waals surface area contributed by atoms with E-state index in [9.17, 15) is 4.79 Å². The zero-order valence-electron chi connectivity index (χ0n) is 16.9. The number of hydrogen-bond donors (Lipinski definition) is 1. The van der Waals surface area contributed by atoms with Crippen LogP contribution in [-0.4, -0.2) is 84.6 Å². The van der Waals surface area contributed by atoms with E-state index in [4.69, 9.17) is 0 Å². The average molecular weight is 374 g/mol. The Morgan fingerprint density at radius 2 is 1.96 bits per heavy atom. The first-order valence-corrected chi connectivity index (χ1v) is 10.5. The van der Waals surface area contributed by atoms with Crippen molar-refractivity contribution in [1.29, 1.82) is 0 Å². The van der Waals surface area contributed by atoms with Gasteiger partial charge in [0.05, 0.1) is 0 Å². The number of carbonyl (C=O) groups excluding carboxylic acids is 1. The van der Waals surface area contributed by atoms with E-state index in [2.05, 4.69) is 40.1 Å². The van der Waals surface area contributed by atoms with Crippen LogP contribution in [-0.2, 0) is 6.42 Å². The second kappa shape index (κ2) is 10.0. The molecule has 0 spiro atoms. The van der Waals surface area contributed by atoms with E-state index < -0.39 is 0 Å². The molecule has 0 aliphatic carbocycles. The van der Waals surface area contributed by atoms with E-state index in [-0.39, 0.29) is 6.03 Å². The topological polar surface area (TPSA) is 51.7 Å². The summed E-state index contributed by atoms with van der Waals surface area (Å²) in [5.74, 6) is 0.663. The molecule has 6 heteroatoms. The number of piperazine rings is 1. The quantitative estimate of drug-likeness (QED) is 0.829. The van der Waals surface area contributed by atoms with Gasteiger partial charge in [-0.1, -0.05) is 6.07 Å². The monoisotopic (exact) mass is 373 g/mol. The van der Waals surface area contributed by atoms with E-state index in [0.29, 0.717) is 12.0 Å². The predicted molar refractivity (Wildman–Crippen MR) is 109 cm³/mol. The molecule has 2 aliphatic rings. The number of likely N-dealkylation sites (tertiary alicyclic amines) is 1. The Morgan fingerprint density at radius 1 is 1.22 bits per heavy atom. The van der Waals surface area contributed by atoms with Crippen LogP contribution in [0.4, 0.5) is 4.79 Å². The molecule has 0 aromatic carbocycles. The minimum atomic E-state index is 0.111. The van der Waals surface area contributed by atoms with Crippen LogP contribution in [0.5, 0.6) is 0 Å². The molecular weight excluding hydrogens is 338 g/mol. The van der Waals surface area contributed by atoms with Crippen molar-refractivity contribution in [2.45, 2.75) is 38.6 Å². The molecule has 6 nitrogen and oxygen atoms in total. The lowest BCUT2D eigenvalue weighted by Crippen LogP contribution is -2.49. The molecule has 0 unspecified atom stereocenters. The molecule has 1 atom stereocenters. The highest BCUT2D eigenvalue weighted by atomic mass is 16.2. The van der Waals surface area contributed by atoms with Crippen LogP contribution in [0.25, 0.3) is 0 Å². The standard InChI is InChI=1S/C21H35N5O/c1-18(25-14-12-24(2)13-15-25)5-9-23-21(27)26-10-6-19(7-11-26)16-20-4-3-8-22-17-20/h3-4,8,17-19H,5-7,9-16H2,1-2H3,(H,23,27)/t18-/m0/s1. The highest BCUT2D eigenvalue weighted by Crippen LogP contribution is 2.21. The van der Waals surface area contributed by atoms with E-state index >= 15 is 0 Å². The fraction of sp³-hybridized carbons (Fsp3) is 0.714. The summed E-state index contributed by atoms with van der Waals surface area (Å²) < 4.78 is 0. The maximum absolute atomic E-state index is 12.4. The number of pyridine rings is 1. The fourth-order valence-electron chi connectivity index (χ4n) is 4.14. The van der Waals surface area contributed by atoms with Crippen molar-refractivity contribution in [3.05, 3.63) is 30.1 Å². The number of aromatic nitrogens is 1. The van der Waals surface area contributed by atoms with Crippen LogP contribution in [0.3, 0.4) is 0 Å². The van der Waals surface area contributed by atoms with Crippen LogP contribution in [0.1, 0.15) is 31.7 Å². The third-order valence-corrected chi connectivity index (χ3v) is 6.15. The van der Waals surface area contributed by atoms with Gasteiger partial charge in [0.25, 0.3) is 0 Å². The number of piperidine rings is 1. The van der Waals surface area contributed by atoms with Gasteiger partial charge >= 0.3 is 6.03 Å². The molecule has 3 rings (SSSR count). The van der Waals surface area contributed by atoms with Crippen LogP contribution in [0, 0.1) is 5.92 Å². The smallest absolute Gasteiger partial charge is 0.317 e. The van der Waals surface area contributed by atoms with Crippen molar-refractivity contribution in [3.8, 4) is 0 Å². The lowest BCUT2D eigenvalue weighted by atomic mass is 9.91. The van der Waals surface area contributed by atoms with Crippen molar-refractivity contribution < 1.29 is 4.79 Å². The molecule has 2 fully saturated rings. The molecule has 0 saturated carbocycles. The van der Waals surface area contributed by atoms with E-state index in [1.807, 2.05) is 23.4 Å². The Hall–Kier alpha value is -1.66. The highest BCUT2D eigenvalue weighted by molar-refractivity contribution is 5.74. The number of amides is 2. The van der Waals surface area contributed by atoms with Gasteiger partial charge in [-0.25, -0.2) is 4.79 Å². The number of rotatable bonds is 6. The van der Waals surface area contributed by atoms with E-state index in [0.717, 1.165) is 71.5 Å². The fourth-order valence-corrected chi connectivity index (χ4v) is 4.14. The molecule has 1 aromatic heterocycles. The third kappa shape index (κ3) is 6.18. The number of likely N-dealkylation sites (N-methyl/N-ethyl adjacent to an activating group) is 1. The number of urea groups is 1. The second-order valence-electron chi connectivity index (χ2n) is 8.20. The molecule has 1 aromatic rings. The first kappa shape index (κ1) is 20.1. The molecule has 3 heterocycles. The lowest BCUT2D eigenvalue weighted by Gasteiger charge is -2.36. The zero-order chi connectivity index (χ0) is 19.1. The normalized spacial score (nSPS) is 21.2. The van der Waals surface area contributed by atoms with E-state index in [1.165, 1.54) is 5.56 Å². The van der Waals surface area contributed by atoms with Gasteiger partial charge in [-0.15, -0.1) is 0 Å². The Bertz CT molecular complexity index is 565. The number of nitrogens with zero attached hydrogens (tertiary/aromatic N) is 4.